The van der Waals surface area contributed by atoms with Gasteiger partial charge in [-0.25, -0.2) is 0 Å². The van der Waals surface area contributed by atoms with Gasteiger partial charge in [-0.2, -0.15) is 10.2 Å². The van der Waals surface area contributed by atoms with Crippen molar-refractivity contribution in [2.24, 2.45) is 5.92 Å². The maximum absolute atomic E-state index is 13.0. The van der Waals surface area contributed by atoms with Crippen molar-refractivity contribution < 1.29 is 14.3 Å². The average molecular weight is 424 g/mol. The van der Waals surface area contributed by atoms with E-state index in [4.69, 9.17) is 9.47 Å². The van der Waals surface area contributed by atoms with Crippen molar-refractivity contribution in [3.63, 3.8) is 0 Å². The number of rotatable bonds is 6. The van der Waals surface area contributed by atoms with Crippen LogP contribution < -0.4 is 9.47 Å². The van der Waals surface area contributed by atoms with Crippen molar-refractivity contribution in [2.45, 2.75) is 33.2 Å². The fraction of sp³-hybridized carbons (Fsp3) is 0.435. The molecule has 8 heteroatoms. The topological polar surface area (TPSA) is 85.3 Å². The standard InChI is InChI=1S/C23H29N5O3/c1-15-11-16(2)28(26-15)14-17-7-9-27(10-8-17)23(29)21-13-20(24-25-21)19-12-18(30-3)5-6-22(19)31-4/h5-6,11-13,17H,7-10,14H2,1-4H3,(H,24,25). The third-order valence-electron chi connectivity index (χ3n) is 5.93. The summed E-state index contributed by atoms with van der Waals surface area (Å²) in [6, 6.07) is 9.40. The first-order valence-corrected chi connectivity index (χ1v) is 10.6. The predicted octanol–water partition coefficient (Wildman–Crippen LogP) is 3.46. The van der Waals surface area contributed by atoms with Crippen LogP contribution in [0.5, 0.6) is 11.5 Å². The number of carbonyl (C=O) groups excluding carboxylic acids is 1. The Morgan fingerprint density at radius 3 is 2.55 bits per heavy atom. The summed E-state index contributed by atoms with van der Waals surface area (Å²) in [5.74, 6) is 1.89. The molecule has 3 heterocycles. The Morgan fingerprint density at radius 1 is 1.13 bits per heavy atom. The minimum absolute atomic E-state index is 0.0230. The number of methoxy groups -OCH3 is 2. The second-order valence-corrected chi connectivity index (χ2v) is 8.08. The van der Waals surface area contributed by atoms with Crippen molar-refractivity contribution in [1.29, 1.82) is 0 Å². The molecule has 3 aromatic rings. The Balaban J connectivity index is 1.41. The Bertz CT molecular complexity index is 1060. The van der Waals surface area contributed by atoms with Gasteiger partial charge >= 0.3 is 0 Å². The van der Waals surface area contributed by atoms with Crippen LogP contribution in [0.1, 0.15) is 34.7 Å². The summed E-state index contributed by atoms with van der Waals surface area (Å²) < 4.78 is 12.8. The van der Waals surface area contributed by atoms with Crippen LogP contribution in [0.4, 0.5) is 0 Å². The lowest BCUT2D eigenvalue weighted by atomic mass is 9.96. The van der Waals surface area contributed by atoms with Gasteiger partial charge in [-0.1, -0.05) is 0 Å². The van der Waals surface area contributed by atoms with E-state index in [9.17, 15) is 4.79 Å². The first kappa shape index (κ1) is 21.0. The summed E-state index contributed by atoms with van der Waals surface area (Å²) >= 11 is 0. The lowest BCUT2D eigenvalue weighted by Gasteiger charge is -2.31. The van der Waals surface area contributed by atoms with Crippen LogP contribution in [0.3, 0.4) is 0 Å². The molecule has 1 aliphatic rings. The summed E-state index contributed by atoms with van der Waals surface area (Å²) in [6.45, 7) is 6.49. The summed E-state index contributed by atoms with van der Waals surface area (Å²) in [4.78, 5) is 14.9. The van der Waals surface area contributed by atoms with Gasteiger partial charge in [0, 0.05) is 30.9 Å². The minimum atomic E-state index is -0.0230. The number of aromatic amines is 1. The molecular formula is C23H29N5O3. The number of nitrogens with zero attached hydrogens (tertiary/aromatic N) is 4. The molecule has 31 heavy (non-hydrogen) atoms. The van der Waals surface area contributed by atoms with Gasteiger partial charge in [0.15, 0.2) is 0 Å². The molecule has 0 spiro atoms. The Morgan fingerprint density at radius 2 is 1.90 bits per heavy atom. The van der Waals surface area contributed by atoms with Crippen molar-refractivity contribution in [3.05, 3.63) is 47.4 Å². The molecule has 8 nitrogen and oxygen atoms in total. The van der Waals surface area contributed by atoms with Crippen LogP contribution in [0, 0.1) is 19.8 Å². The number of ether oxygens (including phenoxy) is 2. The molecule has 1 aromatic carbocycles. The number of aryl methyl sites for hydroxylation is 2. The van der Waals surface area contributed by atoms with Crippen molar-refractivity contribution in [3.8, 4) is 22.8 Å². The maximum atomic E-state index is 13.0. The molecule has 1 saturated heterocycles. The molecule has 0 atom stereocenters. The van der Waals surface area contributed by atoms with Crippen molar-refractivity contribution >= 4 is 5.91 Å². The lowest BCUT2D eigenvalue weighted by molar-refractivity contribution is 0.0675. The van der Waals surface area contributed by atoms with Gasteiger partial charge in [-0.15, -0.1) is 0 Å². The molecule has 1 aliphatic heterocycles. The number of nitrogens with one attached hydrogen (secondary N) is 1. The minimum Gasteiger partial charge on any atom is -0.497 e. The second-order valence-electron chi connectivity index (χ2n) is 8.08. The molecule has 1 N–H and O–H groups in total. The number of carbonyl (C=O) groups is 1. The van der Waals surface area contributed by atoms with Gasteiger partial charge in [0.05, 0.1) is 25.6 Å². The van der Waals surface area contributed by atoms with E-state index in [1.54, 1.807) is 20.3 Å². The fourth-order valence-electron chi connectivity index (χ4n) is 4.18. The zero-order chi connectivity index (χ0) is 22.0. The van der Waals surface area contributed by atoms with E-state index in [-0.39, 0.29) is 5.91 Å². The number of benzene rings is 1. The van der Waals surface area contributed by atoms with Gasteiger partial charge in [0.1, 0.15) is 17.2 Å². The van der Waals surface area contributed by atoms with E-state index in [1.807, 2.05) is 30.0 Å². The number of H-pyrrole nitrogens is 1. The first-order valence-electron chi connectivity index (χ1n) is 10.6. The first-order chi connectivity index (χ1) is 15.0. The van der Waals surface area contributed by atoms with Crippen LogP contribution in [-0.2, 0) is 6.54 Å². The Kier molecular flexibility index (Phi) is 5.97. The quantitative estimate of drug-likeness (QED) is 0.656. The van der Waals surface area contributed by atoms with Crippen LogP contribution in [-0.4, -0.2) is 58.1 Å². The van der Waals surface area contributed by atoms with E-state index in [2.05, 4.69) is 33.0 Å². The summed E-state index contributed by atoms with van der Waals surface area (Å²) in [7, 11) is 3.23. The monoisotopic (exact) mass is 423 g/mol. The van der Waals surface area contributed by atoms with Crippen LogP contribution in [0.2, 0.25) is 0 Å². The fourth-order valence-corrected chi connectivity index (χ4v) is 4.18. The van der Waals surface area contributed by atoms with Gasteiger partial charge in [0.25, 0.3) is 5.91 Å². The van der Waals surface area contributed by atoms with E-state index < -0.39 is 0 Å². The normalized spacial score (nSPS) is 14.6. The molecule has 0 radical (unpaired) electrons. The molecule has 164 valence electrons. The van der Waals surface area contributed by atoms with Gasteiger partial charge in [0.2, 0.25) is 0 Å². The van der Waals surface area contributed by atoms with E-state index in [0.29, 0.717) is 28.8 Å². The highest BCUT2D eigenvalue weighted by Crippen LogP contribution is 2.33. The Hall–Kier alpha value is -3.29. The third kappa shape index (κ3) is 4.42. The average Bonchev–Trinajstić information content (AvgIpc) is 3.39. The van der Waals surface area contributed by atoms with Crippen molar-refractivity contribution in [1.82, 2.24) is 24.9 Å². The molecule has 1 amide bonds. The highest BCUT2D eigenvalue weighted by molar-refractivity contribution is 5.93. The third-order valence-corrected chi connectivity index (χ3v) is 5.93. The molecule has 0 unspecified atom stereocenters. The molecule has 0 bridgehead atoms. The van der Waals surface area contributed by atoms with Crippen LogP contribution in [0.25, 0.3) is 11.3 Å². The van der Waals surface area contributed by atoms with Gasteiger partial charge < -0.3 is 14.4 Å². The molecule has 0 aliphatic carbocycles. The smallest absolute Gasteiger partial charge is 0.271 e. The molecule has 4 rings (SSSR count). The SMILES string of the molecule is COc1ccc(OC)c(-c2cc(C(=O)N3CCC(Cn4nc(C)cc4C)CC3)[nH]n2)c1. The number of piperidine rings is 1. The molecule has 2 aromatic heterocycles. The maximum Gasteiger partial charge on any atom is 0.271 e. The highest BCUT2D eigenvalue weighted by Gasteiger charge is 2.26. The van der Waals surface area contributed by atoms with E-state index in [0.717, 1.165) is 43.7 Å². The second kappa shape index (κ2) is 8.83. The largest absolute Gasteiger partial charge is 0.497 e. The number of hydrogen-bond donors (Lipinski definition) is 1. The molecule has 0 saturated carbocycles. The van der Waals surface area contributed by atoms with Gasteiger partial charge in [-0.05, 0) is 62.9 Å². The molecular weight excluding hydrogens is 394 g/mol. The number of aromatic nitrogens is 4. The highest BCUT2D eigenvalue weighted by atomic mass is 16.5. The molecule has 1 fully saturated rings. The Labute approximate surface area is 182 Å². The number of hydrogen-bond acceptors (Lipinski definition) is 5. The summed E-state index contributed by atoms with van der Waals surface area (Å²) in [5.41, 5.74) is 4.15. The summed E-state index contributed by atoms with van der Waals surface area (Å²) in [6.07, 6.45) is 1.93. The summed E-state index contributed by atoms with van der Waals surface area (Å²) in [5, 5.41) is 11.8. The predicted molar refractivity (Wildman–Crippen MR) is 117 cm³/mol. The van der Waals surface area contributed by atoms with E-state index >= 15 is 0 Å². The zero-order valence-electron chi connectivity index (χ0n) is 18.5. The number of amides is 1. The van der Waals surface area contributed by atoms with Gasteiger partial charge in [-0.3, -0.25) is 14.6 Å². The van der Waals surface area contributed by atoms with Crippen LogP contribution in [0.15, 0.2) is 30.3 Å². The lowest BCUT2D eigenvalue weighted by Crippen LogP contribution is -2.39. The van der Waals surface area contributed by atoms with Crippen LogP contribution >= 0.6 is 0 Å². The van der Waals surface area contributed by atoms with Crippen molar-refractivity contribution in [2.75, 3.05) is 27.3 Å². The number of likely N-dealkylation sites (tertiary alicyclic amines) is 1. The van der Waals surface area contributed by atoms with E-state index in [1.165, 1.54) is 5.69 Å². The zero-order valence-corrected chi connectivity index (χ0v) is 18.5.